The van der Waals surface area contributed by atoms with Gasteiger partial charge in [-0.2, -0.15) is 5.10 Å². The normalized spacial score (nSPS) is 17.4. The van der Waals surface area contributed by atoms with Gasteiger partial charge >= 0.3 is 0 Å². The van der Waals surface area contributed by atoms with E-state index in [2.05, 4.69) is 14.6 Å². The summed E-state index contributed by atoms with van der Waals surface area (Å²) >= 11 is 0. The second-order valence-corrected chi connectivity index (χ2v) is 7.20. The van der Waals surface area contributed by atoms with Gasteiger partial charge in [0.25, 0.3) is 5.56 Å². The van der Waals surface area contributed by atoms with E-state index in [4.69, 9.17) is 0 Å². The minimum atomic E-state index is -0.212. The molecule has 140 valence electrons. The highest BCUT2D eigenvalue weighted by atomic mass is 16.2. The molecule has 4 rings (SSSR count). The Balaban J connectivity index is 1.49. The number of piperidine rings is 1. The molecule has 7 heteroatoms. The number of carbonyl (C=O) groups is 1. The topological polar surface area (TPSA) is 73.0 Å². The van der Waals surface area contributed by atoms with Crippen LogP contribution in [0, 0.1) is 12.8 Å². The Labute approximate surface area is 157 Å². The second-order valence-electron chi connectivity index (χ2n) is 7.20. The zero-order valence-corrected chi connectivity index (χ0v) is 15.4. The van der Waals surface area contributed by atoms with Crippen LogP contribution >= 0.6 is 0 Å². The maximum absolute atomic E-state index is 12.8. The number of amides is 1. The maximum Gasteiger partial charge on any atom is 0.275 e. The summed E-state index contributed by atoms with van der Waals surface area (Å²) in [5, 5.41) is 5.80. The minimum Gasteiger partial charge on any atom is -0.341 e. The molecular formula is C20H23N5O2. The molecule has 0 bridgehead atoms. The number of aromatic nitrogens is 4. The Morgan fingerprint density at radius 3 is 2.85 bits per heavy atom. The quantitative estimate of drug-likeness (QED) is 0.707. The van der Waals surface area contributed by atoms with E-state index >= 15 is 0 Å². The van der Waals surface area contributed by atoms with Crippen LogP contribution in [0.3, 0.4) is 0 Å². The predicted molar refractivity (Wildman–Crippen MR) is 102 cm³/mol. The lowest BCUT2D eigenvalue weighted by Crippen LogP contribution is -2.44. The van der Waals surface area contributed by atoms with Crippen molar-refractivity contribution in [2.24, 2.45) is 5.92 Å². The first-order valence-electron chi connectivity index (χ1n) is 9.32. The average Bonchev–Trinajstić information content (AvgIpc) is 3.19. The van der Waals surface area contributed by atoms with Gasteiger partial charge in [-0.05, 0) is 31.7 Å². The third-order valence-electron chi connectivity index (χ3n) is 5.24. The first-order chi connectivity index (χ1) is 13.1. The summed E-state index contributed by atoms with van der Waals surface area (Å²) in [5.41, 5.74) is 0.547. The molecule has 0 aliphatic carbocycles. The van der Waals surface area contributed by atoms with E-state index in [1.807, 2.05) is 42.5 Å². The molecule has 1 saturated heterocycles. The molecule has 0 spiro atoms. The number of nitrogens with zero attached hydrogens (tertiary/aromatic N) is 5. The fourth-order valence-corrected chi connectivity index (χ4v) is 3.87. The van der Waals surface area contributed by atoms with Gasteiger partial charge in [-0.3, -0.25) is 9.59 Å². The number of imidazole rings is 1. The van der Waals surface area contributed by atoms with E-state index in [1.165, 1.54) is 4.68 Å². The van der Waals surface area contributed by atoms with Gasteiger partial charge in [-0.15, -0.1) is 0 Å². The number of hydrogen-bond acceptors (Lipinski definition) is 4. The van der Waals surface area contributed by atoms with Crippen molar-refractivity contribution in [3.8, 4) is 0 Å². The van der Waals surface area contributed by atoms with E-state index in [0.717, 1.165) is 37.0 Å². The molecule has 1 aromatic carbocycles. The van der Waals surface area contributed by atoms with Crippen LogP contribution in [0.4, 0.5) is 0 Å². The molecule has 27 heavy (non-hydrogen) atoms. The van der Waals surface area contributed by atoms with Gasteiger partial charge in [0.05, 0.1) is 17.4 Å². The largest absolute Gasteiger partial charge is 0.341 e. The molecule has 3 heterocycles. The highest BCUT2D eigenvalue weighted by Gasteiger charge is 2.24. The van der Waals surface area contributed by atoms with Gasteiger partial charge in [0.1, 0.15) is 6.54 Å². The van der Waals surface area contributed by atoms with Crippen molar-refractivity contribution in [1.82, 2.24) is 24.2 Å². The first kappa shape index (κ1) is 17.5. The summed E-state index contributed by atoms with van der Waals surface area (Å²) in [6.45, 7) is 4.16. The van der Waals surface area contributed by atoms with Crippen molar-refractivity contribution < 1.29 is 4.79 Å². The lowest BCUT2D eigenvalue weighted by Gasteiger charge is -2.33. The van der Waals surface area contributed by atoms with Crippen LogP contribution in [0.15, 0.2) is 47.8 Å². The van der Waals surface area contributed by atoms with Gasteiger partial charge in [0.2, 0.25) is 5.91 Å². The molecule has 3 aromatic rings. The Hall–Kier alpha value is -2.96. The zero-order chi connectivity index (χ0) is 18.8. The smallest absolute Gasteiger partial charge is 0.275 e. The van der Waals surface area contributed by atoms with Crippen LogP contribution in [0.1, 0.15) is 18.5 Å². The number of rotatable bonds is 4. The van der Waals surface area contributed by atoms with Gasteiger partial charge in [0, 0.05) is 37.4 Å². The van der Waals surface area contributed by atoms with Gasteiger partial charge < -0.3 is 9.47 Å². The summed E-state index contributed by atoms with van der Waals surface area (Å²) in [6, 6.07) is 7.40. The van der Waals surface area contributed by atoms with E-state index in [9.17, 15) is 9.59 Å². The fraction of sp³-hybridized carbons (Fsp3) is 0.400. The summed E-state index contributed by atoms with van der Waals surface area (Å²) < 4.78 is 3.36. The van der Waals surface area contributed by atoms with Crippen LogP contribution in [0.25, 0.3) is 10.8 Å². The molecule has 0 radical (unpaired) electrons. The summed E-state index contributed by atoms with van der Waals surface area (Å²) in [4.78, 5) is 31.5. The summed E-state index contributed by atoms with van der Waals surface area (Å²) in [6.07, 6.45) is 7.59. The Kier molecular flexibility index (Phi) is 4.75. The van der Waals surface area contributed by atoms with Crippen molar-refractivity contribution in [3.63, 3.8) is 0 Å². The molecular weight excluding hydrogens is 342 g/mol. The molecule has 1 atom stereocenters. The van der Waals surface area contributed by atoms with Gasteiger partial charge in [0.15, 0.2) is 0 Å². The SMILES string of the molecule is Cc1nn(CC(=O)N2CCC[C@H](Cn3ccnc3)C2)c(=O)c2ccccc12. The molecule has 0 saturated carbocycles. The Morgan fingerprint density at radius 1 is 1.26 bits per heavy atom. The van der Waals surface area contributed by atoms with Crippen molar-refractivity contribution in [2.75, 3.05) is 13.1 Å². The van der Waals surface area contributed by atoms with Gasteiger partial charge in [-0.1, -0.05) is 18.2 Å². The highest BCUT2D eigenvalue weighted by molar-refractivity contribution is 5.83. The molecule has 1 aliphatic rings. The summed E-state index contributed by atoms with van der Waals surface area (Å²) in [5.74, 6) is 0.356. The van der Waals surface area contributed by atoms with E-state index in [1.54, 1.807) is 12.3 Å². The number of carbonyl (C=O) groups excluding carboxylic acids is 1. The molecule has 1 amide bonds. The Morgan fingerprint density at radius 2 is 2.07 bits per heavy atom. The van der Waals surface area contributed by atoms with Crippen LogP contribution in [0.2, 0.25) is 0 Å². The maximum atomic E-state index is 12.8. The Bertz CT molecular complexity index is 1010. The number of benzene rings is 1. The van der Waals surface area contributed by atoms with E-state index in [0.29, 0.717) is 17.8 Å². The predicted octanol–water partition coefficient (Wildman–Crippen LogP) is 1.84. The lowest BCUT2D eigenvalue weighted by atomic mass is 9.98. The van der Waals surface area contributed by atoms with Crippen LogP contribution < -0.4 is 5.56 Å². The molecule has 0 N–H and O–H groups in total. The van der Waals surface area contributed by atoms with Crippen molar-refractivity contribution >= 4 is 16.7 Å². The first-order valence-corrected chi connectivity index (χ1v) is 9.32. The third-order valence-corrected chi connectivity index (χ3v) is 5.24. The monoisotopic (exact) mass is 365 g/mol. The molecule has 0 unspecified atom stereocenters. The molecule has 7 nitrogen and oxygen atoms in total. The van der Waals surface area contributed by atoms with Gasteiger partial charge in [-0.25, -0.2) is 9.67 Å². The third kappa shape index (κ3) is 3.63. The van der Waals surface area contributed by atoms with Crippen LogP contribution in [0.5, 0.6) is 0 Å². The number of aryl methyl sites for hydroxylation is 1. The number of hydrogen-bond donors (Lipinski definition) is 0. The van der Waals surface area contributed by atoms with Crippen molar-refractivity contribution in [1.29, 1.82) is 0 Å². The van der Waals surface area contributed by atoms with Crippen LogP contribution in [-0.2, 0) is 17.9 Å². The van der Waals surface area contributed by atoms with E-state index < -0.39 is 0 Å². The average molecular weight is 365 g/mol. The summed E-state index contributed by atoms with van der Waals surface area (Å²) in [7, 11) is 0. The highest BCUT2D eigenvalue weighted by Crippen LogP contribution is 2.19. The van der Waals surface area contributed by atoms with Crippen LogP contribution in [-0.4, -0.2) is 43.2 Å². The second kappa shape index (κ2) is 7.34. The lowest BCUT2D eigenvalue weighted by molar-refractivity contribution is -0.134. The number of fused-ring (bicyclic) bond motifs is 1. The number of likely N-dealkylation sites (tertiary alicyclic amines) is 1. The minimum absolute atomic E-state index is 0.0116. The zero-order valence-electron chi connectivity index (χ0n) is 15.4. The molecule has 1 aliphatic heterocycles. The van der Waals surface area contributed by atoms with E-state index in [-0.39, 0.29) is 18.0 Å². The van der Waals surface area contributed by atoms with Crippen molar-refractivity contribution in [2.45, 2.75) is 32.9 Å². The molecule has 2 aromatic heterocycles. The van der Waals surface area contributed by atoms with Crippen molar-refractivity contribution in [3.05, 3.63) is 59.0 Å². The standard InChI is InChI=1S/C20H23N5O2/c1-15-17-6-2-3-7-18(17)20(27)25(22-15)13-19(26)24-9-4-5-16(12-24)11-23-10-8-21-14-23/h2-3,6-8,10,14,16H,4-5,9,11-13H2,1H3/t16-/m1/s1. The molecule has 1 fully saturated rings. The fourth-order valence-electron chi connectivity index (χ4n) is 3.87.